The second-order valence-corrected chi connectivity index (χ2v) is 6.93. The number of piperidine rings is 1. The molecular formula is C19H22N4O3. The third-order valence-electron chi connectivity index (χ3n) is 5.19. The van der Waals surface area contributed by atoms with E-state index >= 15 is 0 Å². The first-order valence-electron chi connectivity index (χ1n) is 8.99. The van der Waals surface area contributed by atoms with Crippen molar-refractivity contribution in [3.8, 4) is 0 Å². The lowest BCUT2D eigenvalue weighted by atomic mass is 10.0. The zero-order valence-corrected chi connectivity index (χ0v) is 14.5. The molecular weight excluding hydrogens is 332 g/mol. The lowest BCUT2D eigenvalue weighted by Gasteiger charge is -2.29. The van der Waals surface area contributed by atoms with E-state index in [2.05, 4.69) is 28.1 Å². The van der Waals surface area contributed by atoms with E-state index in [-0.39, 0.29) is 30.2 Å². The van der Waals surface area contributed by atoms with Gasteiger partial charge in [0.15, 0.2) is 0 Å². The molecule has 3 N–H and O–H groups in total. The molecule has 0 bridgehead atoms. The fourth-order valence-corrected chi connectivity index (χ4v) is 3.84. The van der Waals surface area contributed by atoms with Crippen LogP contribution in [0.2, 0.25) is 0 Å². The van der Waals surface area contributed by atoms with E-state index in [0.717, 1.165) is 24.2 Å². The highest BCUT2D eigenvalue weighted by atomic mass is 16.2. The lowest BCUT2D eigenvalue weighted by Crippen LogP contribution is -2.52. The minimum atomic E-state index is -0.570. The van der Waals surface area contributed by atoms with Gasteiger partial charge in [0.05, 0.1) is 0 Å². The summed E-state index contributed by atoms with van der Waals surface area (Å²) < 4.78 is 0. The third-order valence-corrected chi connectivity index (χ3v) is 5.19. The predicted octanol–water partition coefficient (Wildman–Crippen LogP) is 0.0652. The smallest absolute Gasteiger partial charge is 0.255 e. The first kappa shape index (κ1) is 16.9. The van der Waals surface area contributed by atoms with Gasteiger partial charge >= 0.3 is 0 Å². The maximum Gasteiger partial charge on any atom is 0.255 e. The van der Waals surface area contributed by atoms with Crippen LogP contribution < -0.4 is 16.0 Å². The van der Waals surface area contributed by atoms with Gasteiger partial charge in [-0.2, -0.15) is 0 Å². The molecule has 0 spiro atoms. The summed E-state index contributed by atoms with van der Waals surface area (Å²) in [7, 11) is 0. The van der Waals surface area contributed by atoms with Crippen molar-refractivity contribution < 1.29 is 14.4 Å². The molecule has 3 aliphatic rings. The fraction of sp³-hybridized carbons (Fsp3) is 0.421. The van der Waals surface area contributed by atoms with Gasteiger partial charge in [0.25, 0.3) is 5.91 Å². The summed E-state index contributed by atoms with van der Waals surface area (Å²) in [6, 6.07) is 5.51. The van der Waals surface area contributed by atoms with Gasteiger partial charge in [-0.1, -0.05) is 30.4 Å². The minimum absolute atomic E-state index is 0.121. The number of hydrogen-bond donors (Lipinski definition) is 3. The van der Waals surface area contributed by atoms with Gasteiger partial charge < -0.3 is 15.5 Å². The van der Waals surface area contributed by atoms with E-state index in [4.69, 9.17) is 0 Å². The Morgan fingerprint density at radius 3 is 2.88 bits per heavy atom. The third kappa shape index (κ3) is 3.15. The van der Waals surface area contributed by atoms with Crippen molar-refractivity contribution in [3.63, 3.8) is 0 Å². The van der Waals surface area contributed by atoms with Gasteiger partial charge in [-0.05, 0) is 17.5 Å². The van der Waals surface area contributed by atoms with Crippen molar-refractivity contribution in [2.45, 2.75) is 38.0 Å². The molecule has 3 amide bonds. The first-order chi connectivity index (χ1) is 12.6. The van der Waals surface area contributed by atoms with Crippen molar-refractivity contribution in [1.82, 2.24) is 20.9 Å². The summed E-state index contributed by atoms with van der Waals surface area (Å²) in [5, 5.41) is 9.09. The molecule has 4 rings (SSSR count). The van der Waals surface area contributed by atoms with Crippen LogP contribution in [-0.2, 0) is 22.7 Å². The van der Waals surface area contributed by atoms with Gasteiger partial charge in [-0.25, -0.2) is 0 Å². The van der Waals surface area contributed by atoms with E-state index in [9.17, 15) is 14.4 Å². The number of benzene rings is 1. The molecule has 0 radical (unpaired) electrons. The predicted molar refractivity (Wildman–Crippen MR) is 95.1 cm³/mol. The summed E-state index contributed by atoms with van der Waals surface area (Å²) in [4.78, 5) is 38.1. The summed E-state index contributed by atoms with van der Waals surface area (Å²) in [6.45, 7) is 2.76. The monoisotopic (exact) mass is 354 g/mol. The van der Waals surface area contributed by atoms with Crippen molar-refractivity contribution in [3.05, 3.63) is 47.0 Å². The van der Waals surface area contributed by atoms with Gasteiger partial charge in [0.2, 0.25) is 11.8 Å². The summed E-state index contributed by atoms with van der Waals surface area (Å²) in [5.74, 6) is -0.765. The van der Waals surface area contributed by atoms with Crippen LogP contribution in [0.15, 0.2) is 30.4 Å². The number of carbonyl (C=O) groups is 3. The van der Waals surface area contributed by atoms with Crippen LogP contribution in [-0.4, -0.2) is 47.8 Å². The molecule has 26 heavy (non-hydrogen) atoms. The highest BCUT2D eigenvalue weighted by Gasteiger charge is 2.39. The van der Waals surface area contributed by atoms with Crippen molar-refractivity contribution in [2.24, 2.45) is 0 Å². The summed E-state index contributed by atoms with van der Waals surface area (Å²) in [5.41, 5.74) is 2.58. The summed E-state index contributed by atoms with van der Waals surface area (Å²) >= 11 is 0. The van der Waals surface area contributed by atoms with Crippen LogP contribution in [0.5, 0.6) is 0 Å². The molecule has 7 nitrogen and oxygen atoms in total. The van der Waals surface area contributed by atoms with E-state index in [1.807, 2.05) is 18.2 Å². The standard InChI is InChI=1S/C19H22N4O3/c24-16-7-6-15(18(25)22-16)23-11-13-4-1-3-12(17(13)19(23)26)9-21-14-5-2-8-20-10-14/h1-5,14-15,20-21H,6-11H2,(H,22,24,25). The Labute approximate surface area is 151 Å². The SMILES string of the molecule is O=C1CCC(N2Cc3cccc(CNC4C=CCNC4)c3C2=O)C(=O)N1. The zero-order chi connectivity index (χ0) is 18.1. The molecule has 1 aromatic carbocycles. The Bertz CT molecular complexity index is 789. The Balaban J connectivity index is 1.51. The van der Waals surface area contributed by atoms with Gasteiger partial charge in [-0.3, -0.25) is 19.7 Å². The quantitative estimate of drug-likeness (QED) is 0.526. The van der Waals surface area contributed by atoms with Crippen molar-refractivity contribution in [1.29, 1.82) is 0 Å². The van der Waals surface area contributed by atoms with Crippen LogP contribution in [0, 0.1) is 0 Å². The van der Waals surface area contributed by atoms with E-state index in [1.165, 1.54) is 0 Å². The fourth-order valence-electron chi connectivity index (χ4n) is 3.84. The van der Waals surface area contributed by atoms with Crippen LogP contribution in [0.1, 0.15) is 34.3 Å². The van der Waals surface area contributed by atoms with E-state index in [1.54, 1.807) is 4.90 Å². The molecule has 1 saturated heterocycles. The molecule has 3 heterocycles. The lowest BCUT2D eigenvalue weighted by molar-refractivity contribution is -0.136. The van der Waals surface area contributed by atoms with Crippen LogP contribution in [0.25, 0.3) is 0 Å². The Hall–Kier alpha value is -2.51. The largest absolute Gasteiger partial charge is 0.322 e. The molecule has 1 aromatic rings. The topological polar surface area (TPSA) is 90.5 Å². The van der Waals surface area contributed by atoms with Crippen LogP contribution >= 0.6 is 0 Å². The molecule has 0 aliphatic carbocycles. The Morgan fingerprint density at radius 2 is 2.12 bits per heavy atom. The number of rotatable bonds is 4. The number of nitrogens with zero attached hydrogens (tertiary/aromatic N) is 1. The minimum Gasteiger partial charge on any atom is -0.322 e. The molecule has 3 aliphatic heterocycles. The van der Waals surface area contributed by atoms with Gasteiger partial charge in [0, 0.05) is 44.2 Å². The average molecular weight is 354 g/mol. The number of imide groups is 1. The molecule has 7 heteroatoms. The summed E-state index contributed by atoms with van der Waals surface area (Å²) in [6.07, 6.45) is 4.88. The second kappa shape index (κ2) is 7.01. The number of nitrogens with one attached hydrogen (secondary N) is 3. The van der Waals surface area contributed by atoms with Crippen LogP contribution in [0.4, 0.5) is 0 Å². The first-order valence-corrected chi connectivity index (χ1v) is 8.99. The zero-order valence-electron chi connectivity index (χ0n) is 14.5. The molecule has 2 unspecified atom stereocenters. The molecule has 0 saturated carbocycles. The van der Waals surface area contributed by atoms with Gasteiger partial charge in [-0.15, -0.1) is 0 Å². The van der Waals surface area contributed by atoms with Crippen molar-refractivity contribution >= 4 is 17.7 Å². The molecule has 1 fully saturated rings. The van der Waals surface area contributed by atoms with Crippen LogP contribution in [0.3, 0.4) is 0 Å². The molecule has 136 valence electrons. The van der Waals surface area contributed by atoms with E-state index < -0.39 is 6.04 Å². The number of fused-ring (bicyclic) bond motifs is 1. The molecule has 0 aromatic heterocycles. The number of carbonyl (C=O) groups excluding carboxylic acids is 3. The average Bonchev–Trinajstić information content (AvgIpc) is 2.98. The van der Waals surface area contributed by atoms with Crippen molar-refractivity contribution in [2.75, 3.05) is 13.1 Å². The Morgan fingerprint density at radius 1 is 1.23 bits per heavy atom. The highest BCUT2D eigenvalue weighted by Crippen LogP contribution is 2.29. The number of hydrogen-bond acceptors (Lipinski definition) is 5. The maximum absolute atomic E-state index is 13.0. The van der Waals surface area contributed by atoms with Gasteiger partial charge in [0.1, 0.15) is 6.04 Å². The number of amides is 3. The highest BCUT2D eigenvalue weighted by molar-refractivity contribution is 6.05. The maximum atomic E-state index is 13.0. The normalized spacial score (nSPS) is 25.4. The molecule has 2 atom stereocenters. The van der Waals surface area contributed by atoms with E-state index in [0.29, 0.717) is 25.1 Å². The Kier molecular flexibility index (Phi) is 4.57. The second-order valence-electron chi connectivity index (χ2n) is 6.93.